The van der Waals surface area contributed by atoms with Gasteiger partial charge in [0.15, 0.2) is 5.78 Å². The highest BCUT2D eigenvalue weighted by atomic mass is 19.1. The average Bonchev–Trinajstić information content (AvgIpc) is 3.21. The molecule has 0 fully saturated rings. The second-order valence-electron chi connectivity index (χ2n) is 6.00. The number of hydrogen-bond donors (Lipinski definition) is 2. The van der Waals surface area contributed by atoms with Gasteiger partial charge in [-0.25, -0.2) is 9.37 Å². The molecule has 0 atom stereocenters. The normalized spacial score (nSPS) is 11.1. The van der Waals surface area contributed by atoms with Crippen LogP contribution < -0.4 is 0 Å². The zero-order valence-electron chi connectivity index (χ0n) is 13.5. The lowest BCUT2D eigenvalue weighted by Crippen LogP contribution is -2.06. The van der Waals surface area contributed by atoms with Gasteiger partial charge in [-0.15, -0.1) is 0 Å². The van der Waals surface area contributed by atoms with Crippen molar-refractivity contribution in [3.05, 3.63) is 71.4 Å². The van der Waals surface area contributed by atoms with Crippen molar-refractivity contribution in [2.75, 3.05) is 0 Å². The third-order valence-corrected chi connectivity index (χ3v) is 4.15. The highest BCUT2D eigenvalue weighted by molar-refractivity contribution is 5.97. The Hall–Kier alpha value is -3.28. The number of nitrogens with zero attached hydrogens (tertiary/aromatic N) is 2. The number of halogens is 1. The third kappa shape index (κ3) is 2.94. The largest absolute Gasteiger partial charge is 0.339 e. The van der Waals surface area contributed by atoms with Crippen molar-refractivity contribution in [2.24, 2.45) is 0 Å². The summed E-state index contributed by atoms with van der Waals surface area (Å²) in [5.74, 6) is -0.293. The molecule has 0 aliphatic heterocycles. The number of benzene rings is 1. The van der Waals surface area contributed by atoms with E-state index in [4.69, 9.17) is 0 Å². The molecule has 0 unspecified atom stereocenters. The standard InChI is InChI=1S/C19H15FN4O/c1-11-9-22-24-18(11)17(25)7-12-6-14-8-16(23-19(14)21-10-12)13-2-4-15(20)5-3-13/h2-6,8-10H,7H2,1H3,(H,21,23)(H,22,24). The van der Waals surface area contributed by atoms with Crippen LogP contribution >= 0.6 is 0 Å². The summed E-state index contributed by atoms with van der Waals surface area (Å²) in [6.45, 7) is 1.85. The lowest BCUT2D eigenvalue weighted by molar-refractivity contribution is 0.0987. The van der Waals surface area contributed by atoms with Crippen LogP contribution in [0.4, 0.5) is 4.39 Å². The molecule has 124 valence electrons. The lowest BCUT2D eigenvalue weighted by atomic mass is 10.1. The van der Waals surface area contributed by atoms with Crippen LogP contribution in [0.2, 0.25) is 0 Å². The van der Waals surface area contributed by atoms with E-state index in [0.29, 0.717) is 5.69 Å². The molecule has 0 aliphatic carbocycles. The number of aromatic nitrogens is 4. The second-order valence-corrected chi connectivity index (χ2v) is 6.00. The smallest absolute Gasteiger partial charge is 0.185 e. The number of carbonyl (C=O) groups excluding carboxylic acids is 1. The molecule has 0 bridgehead atoms. The van der Waals surface area contributed by atoms with E-state index in [1.807, 2.05) is 19.1 Å². The highest BCUT2D eigenvalue weighted by Gasteiger charge is 2.13. The van der Waals surface area contributed by atoms with Crippen LogP contribution in [0, 0.1) is 12.7 Å². The number of rotatable bonds is 4. The summed E-state index contributed by atoms with van der Waals surface area (Å²) in [6, 6.07) is 10.2. The molecule has 6 heteroatoms. The summed E-state index contributed by atoms with van der Waals surface area (Å²) >= 11 is 0. The number of aromatic amines is 2. The molecule has 3 aromatic heterocycles. The Bertz CT molecular complexity index is 1060. The van der Waals surface area contributed by atoms with Crippen molar-refractivity contribution >= 4 is 16.8 Å². The molecule has 25 heavy (non-hydrogen) atoms. The summed E-state index contributed by atoms with van der Waals surface area (Å²) < 4.78 is 13.1. The van der Waals surface area contributed by atoms with Crippen LogP contribution in [0.5, 0.6) is 0 Å². The zero-order valence-corrected chi connectivity index (χ0v) is 13.5. The maximum Gasteiger partial charge on any atom is 0.185 e. The van der Waals surface area contributed by atoms with E-state index < -0.39 is 0 Å². The van der Waals surface area contributed by atoms with Crippen LogP contribution in [-0.2, 0) is 6.42 Å². The van der Waals surface area contributed by atoms with Crippen molar-refractivity contribution in [3.8, 4) is 11.3 Å². The molecular weight excluding hydrogens is 319 g/mol. The number of H-pyrrole nitrogens is 2. The molecule has 1 aromatic carbocycles. The van der Waals surface area contributed by atoms with Crippen molar-refractivity contribution in [1.29, 1.82) is 0 Å². The van der Waals surface area contributed by atoms with E-state index in [9.17, 15) is 9.18 Å². The molecular formula is C19H15FN4O. The van der Waals surface area contributed by atoms with Gasteiger partial charge in [0.1, 0.15) is 17.2 Å². The Morgan fingerprint density at radius 2 is 1.96 bits per heavy atom. The maximum absolute atomic E-state index is 13.1. The molecule has 4 aromatic rings. The number of Topliss-reactive ketones (excluding diaryl/α,β-unsaturated/α-hetero) is 1. The van der Waals surface area contributed by atoms with Gasteiger partial charge in [-0.3, -0.25) is 9.89 Å². The minimum absolute atomic E-state index is 0.0227. The van der Waals surface area contributed by atoms with Gasteiger partial charge < -0.3 is 4.98 Å². The van der Waals surface area contributed by atoms with Gasteiger partial charge >= 0.3 is 0 Å². The number of hydrogen-bond acceptors (Lipinski definition) is 3. The van der Waals surface area contributed by atoms with Crippen molar-refractivity contribution in [3.63, 3.8) is 0 Å². The number of nitrogens with one attached hydrogen (secondary N) is 2. The van der Waals surface area contributed by atoms with E-state index in [0.717, 1.165) is 33.4 Å². The minimum Gasteiger partial charge on any atom is -0.339 e. The van der Waals surface area contributed by atoms with Gasteiger partial charge in [0, 0.05) is 23.7 Å². The fourth-order valence-electron chi connectivity index (χ4n) is 2.85. The van der Waals surface area contributed by atoms with Crippen molar-refractivity contribution < 1.29 is 9.18 Å². The van der Waals surface area contributed by atoms with Crippen LogP contribution in [-0.4, -0.2) is 25.9 Å². The Balaban J connectivity index is 1.63. The number of ketones is 1. The first-order chi connectivity index (χ1) is 12.1. The Morgan fingerprint density at radius 1 is 1.16 bits per heavy atom. The van der Waals surface area contributed by atoms with Gasteiger partial charge in [-0.2, -0.15) is 5.10 Å². The average molecular weight is 334 g/mol. The molecule has 2 N–H and O–H groups in total. The van der Waals surface area contributed by atoms with Gasteiger partial charge in [-0.05, 0) is 60.0 Å². The summed E-state index contributed by atoms with van der Waals surface area (Å²) in [4.78, 5) is 20.0. The van der Waals surface area contributed by atoms with E-state index in [2.05, 4.69) is 20.2 Å². The first-order valence-corrected chi connectivity index (χ1v) is 7.87. The first-order valence-electron chi connectivity index (χ1n) is 7.87. The second kappa shape index (κ2) is 5.98. The van der Waals surface area contributed by atoms with Crippen LogP contribution in [0.25, 0.3) is 22.3 Å². The number of fused-ring (bicyclic) bond motifs is 1. The topological polar surface area (TPSA) is 74.4 Å². The van der Waals surface area contributed by atoms with E-state index in [1.54, 1.807) is 24.5 Å². The fraction of sp³-hybridized carbons (Fsp3) is 0.105. The number of pyridine rings is 1. The zero-order chi connectivity index (χ0) is 17.4. The Morgan fingerprint density at radius 3 is 2.68 bits per heavy atom. The van der Waals surface area contributed by atoms with E-state index in [1.165, 1.54) is 12.1 Å². The fourth-order valence-corrected chi connectivity index (χ4v) is 2.85. The quantitative estimate of drug-likeness (QED) is 0.557. The monoisotopic (exact) mass is 334 g/mol. The lowest BCUT2D eigenvalue weighted by Gasteiger charge is -2.00. The van der Waals surface area contributed by atoms with Crippen LogP contribution in [0.3, 0.4) is 0 Å². The van der Waals surface area contributed by atoms with Crippen LogP contribution in [0.15, 0.2) is 48.8 Å². The maximum atomic E-state index is 13.1. The minimum atomic E-state index is -0.270. The summed E-state index contributed by atoms with van der Waals surface area (Å²) in [5, 5.41) is 7.53. The van der Waals surface area contributed by atoms with E-state index >= 15 is 0 Å². The predicted octanol–water partition coefficient (Wildman–Crippen LogP) is 3.83. The van der Waals surface area contributed by atoms with Crippen molar-refractivity contribution in [1.82, 2.24) is 20.2 Å². The molecule has 0 saturated carbocycles. The summed E-state index contributed by atoms with van der Waals surface area (Å²) in [6.07, 6.45) is 3.58. The molecule has 0 radical (unpaired) electrons. The number of aryl methyl sites for hydroxylation is 1. The molecule has 5 nitrogen and oxygen atoms in total. The predicted molar refractivity (Wildman–Crippen MR) is 92.8 cm³/mol. The Kier molecular flexibility index (Phi) is 3.65. The van der Waals surface area contributed by atoms with Gasteiger partial charge in [0.25, 0.3) is 0 Å². The Labute approximate surface area is 142 Å². The SMILES string of the molecule is Cc1cn[nH]c1C(=O)Cc1cnc2[nH]c(-c3ccc(F)cc3)cc2c1. The highest BCUT2D eigenvalue weighted by Crippen LogP contribution is 2.24. The molecule has 0 amide bonds. The summed E-state index contributed by atoms with van der Waals surface area (Å²) in [5.41, 5.74) is 4.66. The van der Waals surface area contributed by atoms with E-state index in [-0.39, 0.29) is 18.0 Å². The molecule has 0 spiro atoms. The molecule has 0 aliphatic rings. The third-order valence-electron chi connectivity index (χ3n) is 4.15. The van der Waals surface area contributed by atoms with Gasteiger partial charge in [-0.1, -0.05) is 0 Å². The van der Waals surface area contributed by atoms with Gasteiger partial charge in [0.2, 0.25) is 0 Å². The van der Waals surface area contributed by atoms with Crippen LogP contribution in [0.1, 0.15) is 21.6 Å². The van der Waals surface area contributed by atoms with Gasteiger partial charge in [0.05, 0.1) is 6.20 Å². The number of carbonyl (C=O) groups is 1. The molecule has 0 saturated heterocycles. The van der Waals surface area contributed by atoms with Crippen molar-refractivity contribution in [2.45, 2.75) is 13.3 Å². The molecule has 4 rings (SSSR count). The molecule has 3 heterocycles. The summed E-state index contributed by atoms with van der Waals surface area (Å²) in [7, 11) is 0. The first kappa shape index (κ1) is 15.3.